The molecule has 0 saturated carbocycles. The molecular weight excluding hydrogens is 450 g/mol. The predicted molar refractivity (Wildman–Crippen MR) is 129 cm³/mol. The summed E-state index contributed by atoms with van der Waals surface area (Å²) in [6, 6.07) is 21.9. The molecule has 3 aromatic carbocycles. The Morgan fingerprint density at radius 3 is 2.03 bits per heavy atom. The number of Topliss-reactive ketones (excluding diaryl/α,β-unsaturated/α-hetero) is 1. The molecule has 0 spiro atoms. The highest BCUT2D eigenvalue weighted by molar-refractivity contribution is 5.98. The number of rotatable bonds is 11. The van der Waals surface area contributed by atoms with Gasteiger partial charge in [-0.05, 0) is 29.3 Å². The molecule has 0 aliphatic heterocycles. The van der Waals surface area contributed by atoms with Crippen molar-refractivity contribution in [1.82, 2.24) is 5.32 Å². The zero-order valence-corrected chi connectivity index (χ0v) is 19.6. The first-order valence-electron chi connectivity index (χ1n) is 10.9. The van der Waals surface area contributed by atoms with Crippen molar-refractivity contribution in [3.8, 4) is 11.5 Å². The van der Waals surface area contributed by atoms with E-state index in [9.17, 15) is 14.4 Å². The molecule has 0 aromatic heterocycles. The Hall–Kier alpha value is -4.33. The minimum Gasteiger partial charge on any atom is -0.493 e. The number of benzene rings is 3. The zero-order chi connectivity index (χ0) is 25.0. The second kappa shape index (κ2) is 12.8. The Labute approximate surface area is 203 Å². The Morgan fingerprint density at radius 1 is 0.771 bits per heavy atom. The van der Waals surface area contributed by atoms with Crippen LogP contribution in [-0.2, 0) is 27.3 Å². The smallest absolute Gasteiger partial charge is 0.408 e. The Morgan fingerprint density at radius 2 is 1.40 bits per heavy atom. The third kappa shape index (κ3) is 7.60. The van der Waals surface area contributed by atoms with Gasteiger partial charge < -0.3 is 24.3 Å². The van der Waals surface area contributed by atoms with Gasteiger partial charge in [-0.3, -0.25) is 4.79 Å². The SMILES string of the molecule is COc1ccc(C(=O)COC(=O)C(Cc2ccccc2)NC(=O)OCc2ccccc2)cc1OC. The van der Waals surface area contributed by atoms with Crippen molar-refractivity contribution in [2.75, 3.05) is 20.8 Å². The van der Waals surface area contributed by atoms with Gasteiger partial charge in [0.25, 0.3) is 0 Å². The minimum absolute atomic E-state index is 0.0531. The van der Waals surface area contributed by atoms with E-state index in [-0.39, 0.29) is 13.0 Å². The fourth-order valence-corrected chi connectivity index (χ4v) is 3.28. The summed E-state index contributed by atoms with van der Waals surface area (Å²) >= 11 is 0. The fraction of sp³-hybridized carbons (Fsp3) is 0.222. The molecule has 3 aromatic rings. The topological polar surface area (TPSA) is 100 Å². The van der Waals surface area contributed by atoms with Crippen LogP contribution in [0, 0.1) is 0 Å². The van der Waals surface area contributed by atoms with Crippen LogP contribution in [0.4, 0.5) is 4.79 Å². The maximum Gasteiger partial charge on any atom is 0.408 e. The van der Waals surface area contributed by atoms with Crippen LogP contribution in [0.3, 0.4) is 0 Å². The molecule has 8 heteroatoms. The maximum atomic E-state index is 12.8. The van der Waals surface area contributed by atoms with Crippen molar-refractivity contribution < 1.29 is 33.3 Å². The van der Waals surface area contributed by atoms with Crippen LogP contribution in [0.25, 0.3) is 0 Å². The van der Waals surface area contributed by atoms with Gasteiger partial charge in [0.05, 0.1) is 14.2 Å². The van der Waals surface area contributed by atoms with Crippen molar-refractivity contribution >= 4 is 17.8 Å². The van der Waals surface area contributed by atoms with E-state index in [0.29, 0.717) is 17.1 Å². The van der Waals surface area contributed by atoms with Gasteiger partial charge >= 0.3 is 12.1 Å². The standard InChI is InChI=1S/C27H27NO7/c1-32-24-14-13-21(16-25(24)33-2)23(29)18-34-26(30)22(15-19-9-5-3-6-10-19)28-27(31)35-17-20-11-7-4-8-12-20/h3-14,16,22H,15,17-18H2,1-2H3,(H,28,31). The normalized spacial score (nSPS) is 11.1. The first-order chi connectivity index (χ1) is 17.0. The zero-order valence-electron chi connectivity index (χ0n) is 19.6. The monoisotopic (exact) mass is 477 g/mol. The van der Waals surface area contributed by atoms with Crippen LogP contribution in [0.5, 0.6) is 11.5 Å². The predicted octanol–water partition coefficient (Wildman–Crippen LogP) is 3.97. The second-order valence-corrected chi connectivity index (χ2v) is 7.55. The summed E-state index contributed by atoms with van der Waals surface area (Å²) in [7, 11) is 2.95. The summed E-state index contributed by atoms with van der Waals surface area (Å²) in [6.07, 6.45) is -0.594. The summed E-state index contributed by atoms with van der Waals surface area (Å²) in [5, 5.41) is 2.55. The first kappa shape index (κ1) is 25.3. The summed E-state index contributed by atoms with van der Waals surface area (Å²) in [6.45, 7) is -0.447. The Bertz CT molecular complexity index is 1130. The number of ketones is 1. The molecule has 0 bridgehead atoms. The van der Waals surface area contributed by atoms with Gasteiger partial charge in [0, 0.05) is 12.0 Å². The number of carbonyl (C=O) groups excluding carboxylic acids is 3. The molecule has 1 unspecified atom stereocenters. The van der Waals surface area contributed by atoms with Crippen LogP contribution < -0.4 is 14.8 Å². The maximum absolute atomic E-state index is 12.8. The molecule has 1 N–H and O–H groups in total. The van der Waals surface area contributed by atoms with Crippen LogP contribution >= 0.6 is 0 Å². The van der Waals surface area contributed by atoms with E-state index in [1.807, 2.05) is 60.7 Å². The molecule has 0 radical (unpaired) electrons. The van der Waals surface area contributed by atoms with Crippen LogP contribution in [0.1, 0.15) is 21.5 Å². The van der Waals surface area contributed by atoms with E-state index in [0.717, 1.165) is 11.1 Å². The van der Waals surface area contributed by atoms with E-state index in [2.05, 4.69) is 5.32 Å². The van der Waals surface area contributed by atoms with Gasteiger partial charge in [-0.25, -0.2) is 9.59 Å². The lowest BCUT2D eigenvalue weighted by molar-refractivity contribution is -0.144. The lowest BCUT2D eigenvalue weighted by atomic mass is 10.1. The van der Waals surface area contributed by atoms with Crippen LogP contribution in [0.2, 0.25) is 0 Å². The minimum atomic E-state index is -1.04. The van der Waals surface area contributed by atoms with Crippen LogP contribution in [-0.4, -0.2) is 44.7 Å². The molecule has 1 atom stereocenters. The van der Waals surface area contributed by atoms with Crippen molar-refractivity contribution in [3.63, 3.8) is 0 Å². The van der Waals surface area contributed by atoms with E-state index >= 15 is 0 Å². The van der Waals surface area contributed by atoms with Crippen molar-refractivity contribution in [1.29, 1.82) is 0 Å². The number of amides is 1. The van der Waals surface area contributed by atoms with Crippen molar-refractivity contribution in [2.45, 2.75) is 19.1 Å². The molecule has 0 aliphatic carbocycles. The van der Waals surface area contributed by atoms with Gasteiger partial charge in [-0.1, -0.05) is 60.7 Å². The van der Waals surface area contributed by atoms with Gasteiger partial charge in [-0.2, -0.15) is 0 Å². The average Bonchev–Trinajstić information content (AvgIpc) is 2.90. The number of esters is 1. The van der Waals surface area contributed by atoms with E-state index < -0.39 is 30.5 Å². The number of methoxy groups -OCH3 is 2. The largest absolute Gasteiger partial charge is 0.493 e. The molecule has 0 fully saturated rings. The molecule has 0 saturated heterocycles. The average molecular weight is 478 g/mol. The number of carbonyl (C=O) groups is 3. The molecule has 8 nitrogen and oxygen atoms in total. The summed E-state index contributed by atoms with van der Waals surface area (Å²) < 4.78 is 20.9. The van der Waals surface area contributed by atoms with Crippen LogP contribution in [0.15, 0.2) is 78.9 Å². The molecule has 1 amide bonds. The molecule has 0 heterocycles. The number of nitrogens with one attached hydrogen (secondary N) is 1. The number of ether oxygens (including phenoxy) is 4. The highest BCUT2D eigenvalue weighted by Crippen LogP contribution is 2.27. The third-order valence-electron chi connectivity index (χ3n) is 5.12. The Kier molecular flexibility index (Phi) is 9.24. The van der Waals surface area contributed by atoms with Gasteiger partial charge in [0.15, 0.2) is 23.9 Å². The molecule has 0 aliphatic rings. The summed E-state index contributed by atoms with van der Waals surface area (Å²) in [5.74, 6) is -0.319. The molecule has 35 heavy (non-hydrogen) atoms. The fourth-order valence-electron chi connectivity index (χ4n) is 3.28. The first-order valence-corrected chi connectivity index (χ1v) is 10.9. The summed E-state index contributed by atoms with van der Waals surface area (Å²) in [5.41, 5.74) is 1.92. The van der Waals surface area contributed by atoms with Gasteiger partial charge in [-0.15, -0.1) is 0 Å². The lowest BCUT2D eigenvalue weighted by Crippen LogP contribution is -2.44. The number of hydrogen-bond acceptors (Lipinski definition) is 7. The van der Waals surface area contributed by atoms with Gasteiger partial charge in [0.1, 0.15) is 12.6 Å². The number of hydrogen-bond donors (Lipinski definition) is 1. The van der Waals surface area contributed by atoms with E-state index in [4.69, 9.17) is 18.9 Å². The van der Waals surface area contributed by atoms with Crippen molar-refractivity contribution in [3.05, 3.63) is 95.6 Å². The van der Waals surface area contributed by atoms with E-state index in [1.54, 1.807) is 12.1 Å². The lowest BCUT2D eigenvalue weighted by Gasteiger charge is -2.18. The van der Waals surface area contributed by atoms with Gasteiger partial charge in [0.2, 0.25) is 0 Å². The highest BCUT2D eigenvalue weighted by Gasteiger charge is 2.25. The molecule has 182 valence electrons. The highest BCUT2D eigenvalue weighted by atomic mass is 16.6. The second-order valence-electron chi connectivity index (χ2n) is 7.55. The molecule has 3 rings (SSSR count). The van der Waals surface area contributed by atoms with Crippen molar-refractivity contribution in [2.24, 2.45) is 0 Å². The Balaban J connectivity index is 1.63. The molecular formula is C27H27NO7. The summed E-state index contributed by atoms with van der Waals surface area (Å²) in [4.78, 5) is 37.8. The van der Waals surface area contributed by atoms with E-state index in [1.165, 1.54) is 20.3 Å². The third-order valence-corrected chi connectivity index (χ3v) is 5.12. The number of alkyl carbamates (subject to hydrolysis) is 1. The quantitative estimate of drug-likeness (QED) is 0.329.